The van der Waals surface area contributed by atoms with Crippen LogP contribution in [0.4, 0.5) is 19.2 Å². The Morgan fingerprint density at radius 3 is 1.39 bits per heavy atom. The van der Waals surface area contributed by atoms with E-state index in [4.69, 9.17) is 30.4 Å². The quantitative estimate of drug-likeness (QED) is 0.174. The number of nitrogens with zero attached hydrogens (tertiary/aromatic N) is 4. The first-order valence-corrected chi connectivity index (χ1v) is 17.0. The number of urea groups is 2. The Morgan fingerprint density at radius 1 is 0.569 bits per heavy atom. The van der Waals surface area contributed by atoms with Gasteiger partial charge in [0.2, 0.25) is 0 Å². The van der Waals surface area contributed by atoms with Crippen LogP contribution in [0.15, 0.2) is 48.5 Å². The summed E-state index contributed by atoms with van der Waals surface area (Å²) in [5.74, 6) is 2.68. The van der Waals surface area contributed by atoms with Crippen LogP contribution in [0.1, 0.15) is 22.3 Å². The number of amides is 6. The van der Waals surface area contributed by atoms with E-state index in [0.717, 1.165) is 22.3 Å². The first-order valence-electron chi connectivity index (χ1n) is 17.0. The molecular formula is C35H48N8O8. The summed E-state index contributed by atoms with van der Waals surface area (Å²) in [6.45, 7) is 5.26. The van der Waals surface area contributed by atoms with E-state index < -0.39 is 12.2 Å². The molecule has 16 nitrogen and oxygen atoms in total. The molecule has 2 fully saturated rings. The maximum atomic E-state index is 12.5. The van der Waals surface area contributed by atoms with Crippen molar-refractivity contribution in [3.05, 3.63) is 70.8 Å². The molecule has 2 saturated heterocycles. The third-order valence-electron chi connectivity index (χ3n) is 8.24. The second-order valence-electron chi connectivity index (χ2n) is 11.7. The molecule has 6 N–H and O–H groups in total. The number of nitrogens with one attached hydrogen (secondary N) is 2. The van der Waals surface area contributed by atoms with Crippen molar-refractivity contribution >= 4 is 24.2 Å². The van der Waals surface area contributed by atoms with Crippen molar-refractivity contribution in [1.82, 2.24) is 30.2 Å². The van der Waals surface area contributed by atoms with Crippen molar-refractivity contribution in [2.45, 2.75) is 26.2 Å². The number of ether oxygens (including phenoxy) is 4. The molecule has 0 bridgehead atoms. The Kier molecular flexibility index (Phi) is 15.9. The summed E-state index contributed by atoms with van der Waals surface area (Å²) in [6.07, 6.45) is 1.54. The van der Waals surface area contributed by atoms with Crippen LogP contribution in [-0.4, -0.2) is 129 Å². The molecule has 0 aromatic heterocycles. The molecule has 2 aliphatic rings. The lowest BCUT2D eigenvalue weighted by Crippen LogP contribution is -2.53. The van der Waals surface area contributed by atoms with Crippen LogP contribution in [0.2, 0.25) is 0 Å². The smallest absolute Gasteiger partial charge is 0.410 e. The lowest BCUT2D eigenvalue weighted by Gasteiger charge is -2.34. The van der Waals surface area contributed by atoms with Crippen molar-refractivity contribution in [3.8, 4) is 12.0 Å². The van der Waals surface area contributed by atoms with Crippen LogP contribution in [0.3, 0.4) is 0 Å². The largest absolute Gasteiger partial charge is 0.447 e. The fourth-order valence-electron chi connectivity index (χ4n) is 5.15. The fourth-order valence-corrected chi connectivity index (χ4v) is 5.15. The molecule has 0 radical (unpaired) electrons. The van der Waals surface area contributed by atoms with E-state index in [2.05, 4.69) is 22.7 Å². The van der Waals surface area contributed by atoms with Gasteiger partial charge in [0.25, 0.3) is 0 Å². The molecule has 0 atom stereocenters. The molecule has 0 unspecified atom stereocenters. The zero-order valence-corrected chi connectivity index (χ0v) is 28.8. The molecule has 2 aromatic rings. The highest BCUT2D eigenvalue weighted by atomic mass is 16.6. The number of nitrogens with two attached hydrogens (primary N) is 2. The van der Waals surface area contributed by atoms with Crippen LogP contribution in [0, 0.1) is 12.0 Å². The Labute approximate surface area is 298 Å². The van der Waals surface area contributed by atoms with E-state index in [-0.39, 0.29) is 45.1 Å². The number of hydrogen-bond acceptors (Lipinski definition) is 10. The third-order valence-corrected chi connectivity index (χ3v) is 8.24. The molecule has 0 saturated carbocycles. The number of piperazine rings is 2. The monoisotopic (exact) mass is 708 g/mol. The summed E-state index contributed by atoms with van der Waals surface area (Å²) >= 11 is 0. The number of benzene rings is 2. The Hall–Kier alpha value is -5.24. The fraction of sp³-hybridized carbons (Fsp3) is 0.486. The summed E-state index contributed by atoms with van der Waals surface area (Å²) in [4.78, 5) is 56.2. The van der Waals surface area contributed by atoms with E-state index >= 15 is 0 Å². The van der Waals surface area contributed by atoms with Crippen LogP contribution in [-0.2, 0) is 45.1 Å². The van der Waals surface area contributed by atoms with Crippen LogP contribution in [0.25, 0.3) is 0 Å². The van der Waals surface area contributed by atoms with Gasteiger partial charge in [-0.25, -0.2) is 19.2 Å². The molecular weight excluding hydrogens is 660 g/mol. The van der Waals surface area contributed by atoms with Crippen LogP contribution < -0.4 is 22.1 Å². The van der Waals surface area contributed by atoms with E-state index in [9.17, 15) is 19.2 Å². The number of hydrogen-bond donors (Lipinski definition) is 4. The minimum Gasteiger partial charge on any atom is -0.447 e. The molecule has 16 heteroatoms. The minimum atomic E-state index is -0.474. The number of rotatable bonds is 13. The van der Waals surface area contributed by atoms with Crippen molar-refractivity contribution in [2.24, 2.45) is 11.5 Å². The summed E-state index contributed by atoms with van der Waals surface area (Å²) in [7, 11) is 0. The molecule has 2 aliphatic heterocycles. The van der Waals surface area contributed by atoms with Crippen molar-refractivity contribution in [3.63, 3.8) is 0 Å². The van der Waals surface area contributed by atoms with Gasteiger partial charge < -0.3 is 60.6 Å². The first-order chi connectivity index (χ1) is 24.9. The summed E-state index contributed by atoms with van der Waals surface area (Å²) in [6, 6.07) is 15.1. The van der Waals surface area contributed by atoms with Gasteiger partial charge in [-0.05, 0) is 28.2 Å². The van der Waals surface area contributed by atoms with E-state index in [0.29, 0.717) is 78.5 Å². The lowest BCUT2D eigenvalue weighted by molar-refractivity contribution is 0.0542. The van der Waals surface area contributed by atoms with E-state index in [1.54, 1.807) is 19.6 Å². The predicted octanol–water partition coefficient (Wildman–Crippen LogP) is 1.23. The average molecular weight is 709 g/mol. The normalized spacial score (nSPS) is 14.2. The maximum absolute atomic E-state index is 12.5. The molecule has 2 heterocycles. The van der Waals surface area contributed by atoms with Gasteiger partial charge in [0.1, 0.15) is 32.5 Å². The maximum Gasteiger partial charge on any atom is 0.410 e. The van der Waals surface area contributed by atoms with E-state index in [1.807, 2.05) is 48.5 Å². The van der Waals surface area contributed by atoms with E-state index in [1.165, 1.54) is 0 Å². The SMILES string of the molecule is NCc1ccc(CNC(=O)N2CCN(C(=O)OCCOC#CCOCCOC(=O)N3CCN(C(=O)NCc4ccc(CN)cc4)CC3)CC2)cc1. The van der Waals surface area contributed by atoms with Crippen LogP contribution >= 0.6 is 0 Å². The molecule has 276 valence electrons. The van der Waals surface area contributed by atoms with Crippen molar-refractivity contribution in [2.75, 3.05) is 85.4 Å². The minimum absolute atomic E-state index is 0.0247. The standard InChI is InChI=1S/C35H48N8O8/c36-24-28-2-6-30(7-3-28)26-38-32(44)40-10-14-42(15-11-40)34(46)50-22-20-48-18-1-19-49-21-23-51-35(47)43-16-12-41(13-17-43)33(45)39-27-31-8-4-29(25-37)5-9-31/h2-9H,10-18,20-27,36-37H2,(H,38,44)(H,39,45). The Bertz CT molecular complexity index is 1470. The Morgan fingerprint density at radius 2 is 0.961 bits per heavy atom. The molecule has 51 heavy (non-hydrogen) atoms. The summed E-state index contributed by atoms with van der Waals surface area (Å²) in [5.41, 5.74) is 15.3. The number of carbonyl (C=O) groups excluding carboxylic acids is 4. The third kappa shape index (κ3) is 13.2. The highest BCUT2D eigenvalue weighted by Crippen LogP contribution is 2.08. The molecule has 6 amide bonds. The van der Waals surface area contributed by atoms with Gasteiger partial charge in [0, 0.05) is 78.5 Å². The highest BCUT2D eigenvalue weighted by molar-refractivity contribution is 5.75. The van der Waals surface area contributed by atoms with Crippen LogP contribution in [0.5, 0.6) is 0 Å². The number of carbonyl (C=O) groups is 4. The van der Waals surface area contributed by atoms with Gasteiger partial charge in [0.05, 0.1) is 6.61 Å². The van der Waals surface area contributed by atoms with Gasteiger partial charge in [-0.3, -0.25) is 0 Å². The summed E-state index contributed by atoms with van der Waals surface area (Å²) in [5, 5.41) is 5.80. The average Bonchev–Trinajstić information content (AvgIpc) is 3.18. The molecule has 4 rings (SSSR count). The first kappa shape index (κ1) is 38.6. The second kappa shape index (κ2) is 21.1. The van der Waals surface area contributed by atoms with Crippen molar-refractivity contribution < 1.29 is 38.1 Å². The molecule has 0 aliphatic carbocycles. The summed E-state index contributed by atoms with van der Waals surface area (Å²) < 4.78 is 21.0. The molecule has 2 aromatic carbocycles. The van der Waals surface area contributed by atoms with Gasteiger partial charge in [-0.2, -0.15) is 0 Å². The predicted molar refractivity (Wildman–Crippen MR) is 187 cm³/mol. The van der Waals surface area contributed by atoms with Gasteiger partial charge in [-0.15, -0.1) is 0 Å². The molecule has 0 spiro atoms. The lowest BCUT2D eigenvalue weighted by atomic mass is 10.1. The van der Waals surface area contributed by atoms with Gasteiger partial charge in [0.15, 0.2) is 0 Å². The van der Waals surface area contributed by atoms with Crippen molar-refractivity contribution in [1.29, 1.82) is 0 Å². The zero-order chi connectivity index (χ0) is 36.3. The zero-order valence-electron chi connectivity index (χ0n) is 28.8. The van der Waals surface area contributed by atoms with Gasteiger partial charge in [-0.1, -0.05) is 48.5 Å². The topological polar surface area (TPSA) is 194 Å². The highest BCUT2D eigenvalue weighted by Gasteiger charge is 2.26. The Balaban J connectivity index is 0.956. The van der Waals surface area contributed by atoms with Gasteiger partial charge >= 0.3 is 24.2 Å². The second-order valence-corrected chi connectivity index (χ2v) is 11.7.